The van der Waals surface area contributed by atoms with Gasteiger partial charge in [-0.1, -0.05) is 47.1 Å². The number of allylic oxidation sites excluding steroid dienone is 6. The Morgan fingerprint density at radius 1 is 0.833 bits per heavy atom. The summed E-state index contributed by atoms with van der Waals surface area (Å²) < 4.78 is 0. The first-order chi connectivity index (χ1) is 11.3. The summed E-state index contributed by atoms with van der Waals surface area (Å²) in [7, 11) is 0. The van der Waals surface area contributed by atoms with Gasteiger partial charge in [-0.05, 0) is 72.3 Å². The minimum atomic E-state index is -0.00604. The molecular formula is C22H32O2. The van der Waals surface area contributed by atoms with Crippen LogP contribution in [0.15, 0.2) is 47.1 Å². The maximum atomic E-state index is 9.97. The van der Waals surface area contributed by atoms with Crippen molar-refractivity contribution in [2.75, 3.05) is 0 Å². The van der Waals surface area contributed by atoms with Gasteiger partial charge in [0.2, 0.25) is 0 Å². The molecule has 24 heavy (non-hydrogen) atoms. The van der Waals surface area contributed by atoms with Crippen LogP contribution in [0, 0.1) is 6.92 Å². The minimum Gasteiger partial charge on any atom is -0.504 e. The van der Waals surface area contributed by atoms with Crippen LogP contribution < -0.4 is 0 Å². The van der Waals surface area contributed by atoms with E-state index in [0.717, 1.165) is 31.2 Å². The monoisotopic (exact) mass is 328 g/mol. The molecule has 1 rings (SSSR count). The van der Waals surface area contributed by atoms with E-state index in [1.807, 2.05) is 12.1 Å². The summed E-state index contributed by atoms with van der Waals surface area (Å²) >= 11 is 0. The van der Waals surface area contributed by atoms with Gasteiger partial charge in [0, 0.05) is 5.56 Å². The van der Waals surface area contributed by atoms with E-state index in [-0.39, 0.29) is 11.5 Å². The summed E-state index contributed by atoms with van der Waals surface area (Å²) in [5.41, 5.74) is 5.60. The predicted octanol–water partition coefficient (Wildman–Crippen LogP) is 6.37. The molecule has 0 atom stereocenters. The molecule has 0 unspecified atom stereocenters. The van der Waals surface area contributed by atoms with E-state index in [1.54, 1.807) is 6.92 Å². The molecule has 0 bridgehead atoms. The van der Waals surface area contributed by atoms with Crippen molar-refractivity contribution >= 4 is 0 Å². The lowest BCUT2D eigenvalue weighted by molar-refractivity contribution is 0.397. The highest BCUT2D eigenvalue weighted by Gasteiger charge is 2.07. The summed E-state index contributed by atoms with van der Waals surface area (Å²) in [6.07, 6.45) is 11.7. The smallest absolute Gasteiger partial charge is 0.161 e. The highest BCUT2D eigenvalue weighted by molar-refractivity contribution is 5.50. The number of aryl methyl sites for hydroxylation is 1. The Balaban J connectivity index is 2.48. The van der Waals surface area contributed by atoms with Gasteiger partial charge in [-0.25, -0.2) is 0 Å². The van der Waals surface area contributed by atoms with Crippen LogP contribution in [0.4, 0.5) is 0 Å². The highest BCUT2D eigenvalue weighted by Crippen LogP contribution is 2.32. The van der Waals surface area contributed by atoms with Gasteiger partial charge in [-0.3, -0.25) is 0 Å². The van der Waals surface area contributed by atoms with E-state index in [2.05, 4.69) is 45.9 Å². The van der Waals surface area contributed by atoms with Gasteiger partial charge in [0.1, 0.15) is 0 Å². The third-order valence-corrected chi connectivity index (χ3v) is 4.23. The van der Waals surface area contributed by atoms with Gasteiger partial charge >= 0.3 is 0 Å². The molecule has 1 aromatic carbocycles. The number of phenols is 2. The van der Waals surface area contributed by atoms with Crippen molar-refractivity contribution in [1.82, 2.24) is 0 Å². The Bertz CT molecular complexity index is 630. The third kappa shape index (κ3) is 7.08. The quantitative estimate of drug-likeness (QED) is 0.430. The fraction of sp³-hybridized carbons (Fsp3) is 0.455. The van der Waals surface area contributed by atoms with Crippen LogP contribution in [0.3, 0.4) is 0 Å². The summed E-state index contributed by atoms with van der Waals surface area (Å²) in [5.74, 6) is 0.00235. The first kappa shape index (κ1) is 20.1. The largest absolute Gasteiger partial charge is 0.504 e. The third-order valence-electron chi connectivity index (χ3n) is 4.23. The van der Waals surface area contributed by atoms with E-state index in [1.165, 1.54) is 16.7 Å². The Kier molecular flexibility index (Phi) is 8.39. The van der Waals surface area contributed by atoms with Gasteiger partial charge in [0.05, 0.1) is 0 Å². The molecule has 0 fully saturated rings. The second-order valence-electron chi connectivity index (χ2n) is 6.90. The molecule has 0 saturated heterocycles. The lowest BCUT2D eigenvalue weighted by Crippen LogP contribution is -1.87. The van der Waals surface area contributed by atoms with E-state index in [9.17, 15) is 10.2 Å². The number of phenolic OH excluding ortho intramolecular Hbond substituents is 2. The van der Waals surface area contributed by atoms with Gasteiger partial charge < -0.3 is 10.2 Å². The van der Waals surface area contributed by atoms with Crippen LogP contribution in [0.5, 0.6) is 11.5 Å². The van der Waals surface area contributed by atoms with Crippen LogP contribution in [-0.4, -0.2) is 10.2 Å². The SMILES string of the molecule is CC(C)=CCC/C(C)=C/CC/C(C)=C/Cc1ccc(C)c(O)c1O. The zero-order chi connectivity index (χ0) is 18.1. The average molecular weight is 328 g/mol. The molecule has 0 radical (unpaired) electrons. The van der Waals surface area contributed by atoms with E-state index in [0.29, 0.717) is 12.0 Å². The molecule has 1 aromatic rings. The Labute approximate surface area is 147 Å². The number of hydrogen-bond acceptors (Lipinski definition) is 2. The molecule has 0 aliphatic carbocycles. The van der Waals surface area contributed by atoms with E-state index < -0.39 is 0 Å². The summed E-state index contributed by atoms with van der Waals surface area (Å²) in [6, 6.07) is 3.72. The first-order valence-corrected chi connectivity index (χ1v) is 8.76. The second kappa shape index (κ2) is 10.0. The van der Waals surface area contributed by atoms with E-state index >= 15 is 0 Å². The Morgan fingerprint density at radius 2 is 1.42 bits per heavy atom. The van der Waals surface area contributed by atoms with Crippen molar-refractivity contribution in [1.29, 1.82) is 0 Å². The first-order valence-electron chi connectivity index (χ1n) is 8.76. The molecule has 0 heterocycles. The maximum Gasteiger partial charge on any atom is 0.161 e. The molecule has 0 spiro atoms. The van der Waals surface area contributed by atoms with Crippen LogP contribution >= 0.6 is 0 Å². The fourth-order valence-corrected chi connectivity index (χ4v) is 2.51. The number of benzene rings is 1. The number of rotatable bonds is 8. The van der Waals surface area contributed by atoms with Gasteiger partial charge in [-0.15, -0.1) is 0 Å². The van der Waals surface area contributed by atoms with Crippen molar-refractivity contribution in [2.24, 2.45) is 0 Å². The fourth-order valence-electron chi connectivity index (χ4n) is 2.51. The van der Waals surface area contributed by atoms with Crippen LogP contribution in [0.25, 0.3) is 0 Å². The molecule has 2 heteroatoms. The summed E-state index contributed by atoms with van der Waals surface area (Å²) in [6.45, 7) is 10.4. The molecule has 132 valence electrons. The molecule has 2 N–H and O–H groups in total. The van der Waals surface area contributed by atoms with Gasteiger partial charge in [0.15, 0.2) is 11.5 Å². The van der Waals surface area contributed by atoms with Crippen molar-refractivity contribution in [2.45, 2.75) is 66.7 Å². The second-order valence-corrected chi connectivity index (χ2v) is 6.90. The normalized spacial score (nSPS) is 12.4. The molecule has 0 saturated carbocycles. The lowest BCUT2D eigenvalue weighted by atomic mass is 10.0. The van der Waals surface area contributed by atoms with E-state index in [4.69, 9.17) is 0 Å². The number of hydrogen-bond donors (Lipinski definition) is 2. The zero-order valence-electron chi connectivity index (χ0n) is 15.8. The minimum absolute atomic E-state index is 0.00604. The average Bonchev–Trinajstić information content (AvgIpc) is 2.51. The van der Waals surface area contributed by atoms with Crippen LogP contribution in [0.2, 0.25) is 0 Å². The topological polar surface area (TPSA) is 40.5 Å². The highest BCUT2D eigenvalue weighted by atomic mass is 16.3. The van der Waals surface area contributed by atoms with Crippen LogP contribution in [-0.2, 0) is 6.42 Å². The molecule has 0 amide bonds. The number of aromatic hydroxyl groups is 2. The van der Waals surface area contributed by atoms with Gasteiger partial charge in [0.25, 0.3) is 0 Å². The van der Waals surface area contributed by atoms with Crippen molar-refractivity contribution in [3.05, 3.63) is 58.2 Å². The Morgan fingerprint density at radius 3 is 2.04 bits per heavy atom. The van der Waals surface area contributed by atoms with Crippen LogP contribution in [0.1, 0.15) is 64.5 Å². The molecule has 0 aromatic heterocycles. The van der Waals surface area contributed by atoms with Crippen molar-refractivity contribution in [3.8, 4) is 11.5 Å². The predicted molar refractivity (Wildman–Crippen MR) is 104 cm³/mol. The molecule has 2 nitrogen and oxygen atoms in total. The van der Waals surface area contributed by atoms with Crippen molar-refractivity contribution in [3.63, 3.8) is 0 Å². The maximum absolute atomic E-state index is 9.97. The lowest BCUT2D eigenvalue weighted by Gasteiger charge is -2.07. The van der Waals surface area contributed by atoms with Gasteiger partial charge in [-0.2, -0.15) is 0 Å². The molecular weight excluding hydrogens is 296 g/mol. The molecule has 0 aliphatic rings. The molecule has 0 aliphatic heterocycles. The van der Waals surface area contributed by atoms with Crippen molar-refractivity contribution < 1.29 is 10.2 Å². The zero-order valence-corrected chi connectivity index (χ0v) is 15.8. The summed E-state index contributed by atoms with van der Waals surface area (Å²) in [5, 5.41) is 19.7. The standard InChI is InChI=1S/C22H32O2/c1-16(2)8-6-9-17(3)10-7-11-18(4)12-14-20-15-13-19(5)21(23)22(20)24/h8,10,12-13,15,23-24H,6-7,9,11,14H2,1-5H3/b17-10+,18-12+. The Hall–Kier alpha value is -1.96. The summed E-state index contributed by atoms with van der Waals surface area (Å²) in [4.78, 5) is 0.